The largest absolute Gasteiger partial charge is 0.300 e. The van der Waals surface area contributed by atoms with Gasteiger partial charge in [-0.15, -0.1) is 0 Å². The molecule has 1 fully saturated rings. The average Bonchev–Trinajstić information content (AvgIpc) is 2.97. The molecule has 1 heterocycles. The summed E-state index contributed by atoms with van der Waals surface area (Å²) in [7, 11) is -4.46. The van der Waals surface area contributed by atoms with Crippen LogP contribution in [0.2, 0.25) is 0 Å². The summed E-state index contributed by atoms with van der Waals surface area (Å²) in [6.45, 7) is 0. The van der Waals surface area contributed by atoms with Gasteiger partial charge in [0.2, 0.25) is 0 Å². The van der Waals surface area contributed by atoms with Gasteiger partial charge >= 0.3 is 0 Å². The van der Waals surface area contributed by atoms with Gasteiger partial charge < -0.3 is 0 Å². The fourth-order valence-corrected chi connectivity index (χ4v) is 5.10. The molecule has 4 rings (SSSR count). The molecule has 1 saturated carbocycles. The van der Waals surface area contributed by atoms with Crippen LogP contribution in [0.1, 0.15) is 52.8 Å². The fourth-order valence-electron chi connectivity index (χ4n) is 3.99. The monoisotopic (exact) mass is 476 g/mol. The first-order valence-corrected chi connectivity index (χ1v) is 11.6. The quantitative estimate of drug-likeness (QED) is 0.678. The maximum atomic E-state index is 13.9. The Morgan fingerprint density at radius 1 is 0.879 bits per heavy atom. The number of amides is 2. The van der Waals surface area contributed by atoms with Crippen LogP contribution in [0.4, 0.5) is 14.5 Å². The Hall–Kier alpha value is -3.47. The van der Waals surface area contributed by atoms with Crippen molar-refractivity contribution in [3.05, 3.63) is 59.2 Å². The lowest BCUT2D eigenvalue weighted by Crippen LogP contribution is -2.45. The number of carbonyl (C=O) groups is 4. The van der Waals surface area contributed by atoms with Gasteiger partial charge in [-0.25, -0.2) is 17.2 Å². The van der Waals surface area contributed by atoms with E-state index in [0.717, 1.165) is 23.1 Å². The molecule has 2 amide bonds. The highest BCUT2D eigenvalue weighted by Gasteiger charge is 2.43. The summed E-state index contributed by atoms with van der Waals surface area (Å²) in [5.74, 6) is -4.09. The molecule has 11 heteroatoms. The highest BCUT2D eigenvalue weighted by Crippen LogP contribution is 2.31. The number of ketones is 2. The van der Waals surface area contributed by atoms with Crippen LogP contribution >= 0.6 is 0 Å². The first kappa shape index (κ1) is 22.7. The number of imide groups is 1. The minimum atomic E-state index is -4.46. The second kappa shape index (κ2) is 8.47. The molecular weight excluding hydrogens is 458 g/mol. The Morgan fingerprint density at radius 3 is 2.33 bits per heavy atom. The molecule has 0 saturated heterocycles. The molecule has 1 unspecified atom stereocenters. The molecule has 0 bridgehead atoms. The van der Waals surface area contributed by atoms with Gasteiger partial charge in [0.1, 0.15) is 22.3 Å². The van der Waals surface area contributed by atoms with Crippen LogP contribution in [0.3, 0.4) is 0 Å². The molecular formula is C22H18F2N2O6S. The minimum absolute atomic E-state index is 0.0166. The van der Waals surface area contributed by atoms with Crippen LogP contribution in [0.15, 0.2) is 41.3 Å². The van der Waals surface area contributed by atoms with Gasteiger partial charge in [0, 0.05) is 31.0 Å². The second-order valence-corrected chi connectivity index (χ2v) is 9.48. The van der Waals surface area contributed by atoms with Crippen LogP contribution in [0, 0.1) is 11.6 Å². The van der Waals surface area contributed by atoms with Gasteiger partial charge in [0.25, 0.3) is 21.8 Å². The van der Waals surface area contributed by atoms with Crippen molar-refractivity contribution in [2.45, 2.75) is 43.0 Å². The number of rotatable bonds is 4. The number of nitrogens with one attached hydrogen (secondary N) is 1. The maximum absolute atomic E-state index is 13.9. The summed E-state index contributed by atoms with van der Waals surface area (Å²) in [5.41, 5.74) is -0.266. The number of nitrogens with zero attached hydrogens (tertiary/aromatic N) is 1. The summed E-state index contributed by atoms with van der Waals surface area (Å²) in [6.07, 6.45) is 0.796. The number of benzene rings is 2. The van der Waals surface area contributed by atoms with Crippen molar-refractivity contribution < 1.29 is 36.4 Å². The van der Waals surface area contributed by atoms with E-state index in [1.165, 1.54) is 12.1 Å². The summed E-state index contributed by atoms with van der Waals surface area (Å²) in [6, 6.07) is 4.47. The number of carbonyl (C=O) groups excluding carboxylic acids is 4. The SMILES string of the molecule is O=C1CCCC(=O)C(N2C(=O)c3ccc(NS(=O)(=O)c4ccc(F)cc4F)cc3C2=O)CC1. The molecule has 0 spiro atoms. The summed E-state index contributed by atoms with van der Waals surface area (Å²) < 4.78 is 54.2. The number of hydrogen-bond acceptors (Lipinski definition) is 6. The van der Waals surface area contributed by atoms with Crippen molar-refractivity contribution in [3.63, 3.8) is 0 Å². The Morgan fingerprint density at radius 2 is 1.61 bits per heavy atom. The summed E-state index contributed by atoms with van der Waals surface area (Å²) in [4.78, 5) is 50.3. The van der Waals surface area contributed by atoms with Gasteiger partial charge in [0.15, 0.2) is 5.78 Å². The van der Waals surface area contributed by atoms with Crippen LogP contribution in [-0.4, -0.2) is 42.7 Å². The van der Waals surface area contributed by atoms with Crippen molar-refractivity contribution in [1.82, 2.24) is 4.90 Å². The Kier molecular flexibility index (Phi) is 5.83. The van der Waals surface area contributed by atoms with E-state index in [9.17, 15) is 36.4 Å². The number of anilines is 1. The average molecular weight is 476 g/mol. The topological polar surface area (TPSA) is 118 Å². The fraction of sp³-hybridized carbons (Fsp3) is 0.273. The molecule has 1 N–H and O–H groups in total. The van der Waals surface area contributed by atoms with E-state index in [4.69, 9.17) is 0 Å². The number of sulfonamides is 1. The number of hydrogen-bond donors (Lipinski definition) is 1. The normalized spacial score (nSPS) is 19.3. The number of Topliss-reactive ketones (excluding diaryl/α,β-unsaturated/α-hetero) is 2. The predicted molar refractivity (Wildman–Crippen MR) is 111 cm³/mol. The first-order chi connectivity index (χ1) is 15.6. The molecule has 1 atom stereocenters. The van der Waals surface area contributed by atoms with E-state index >= 15 is 0 Å². The van der Waals surface area contributed by atoms with E-state index in [2.05, 4.69) is 4.72 Å². The molecule has 1 aliphatic heterocycles. The Labute approximate surface area is 187 Å². The van der Waals surface area contributed by atoms with E-state index in [1.807, 2.05) is 0 Å². The van der Waals surface area contributed by atoms with Crippen molar-refractivity contribution in [2.75, 3.05) is 4.72 Å². The van der Waals surface area contributed by atoms with Gasteiger partial charge in [0.05, 0.1) is 17.2 Å². The minimum Gasteiger partial charge on any atom is -0.300 e. The van der Waals surface area contributed by atoms with Crippen LogP contribution in [0.5, 0.6) is 0 Å². The van der Waals surface area contributed by atoms with E-state index < -0.39 is 44.4 Å². The zero-order valence-electron chi connectivity index (χ0n) is 17.1. The summed E-state index contributed by atoms with van der Waals surface area (Å²) >= 11 is 0. The molecule has 172 valence electrons. The van der Waals surface area contributed by atoms with Crippen molar-refractivity contribution in [1.29, 1.82) is 0 Å². The van der Waals surface area contributed by atoms with Crippen LogP contribution < -0.4 is 4.72 Å². The second-order valence-electron chi connectivity index (χ2n) is 7.83. The maximum Gasteiger partial charge on any atom is 0.264 e. The van der Waals surface area contributed by atoms with Gasteiger partial charge in [-0.3, -0.25) is 28.8 Å². The lowest BCUT2D eigenvalue weighted by atomic mass is 9.94. The van der Waals surface area contributed by atoms with Crippen LogP contribution in [-0.2, 0) is 19.6 Å². The lowest BCUT2D eigenvalue weighted by molar-refractivity contribution is -0.125. The van der Waals surface area contributed by atoms with E-state index in [-0.39, 0.29) is 54.1 Å². The highest BCUT2D eigenvalue weighted by atomic mass is 32.2. The van der Waals surface area contributed by atoms with Gasteiger partial charge in [-0.1, -0.05) is 0 Å². The molecule has 0 aromatic heterocycles. The molecule has 33 heavy (non-hydrogen) atoms. The van der Waals surface area contributed by atoms with E-state index in [1.54, 1.807) is 0 Å². The molecule has 0 radical (unpaired) electrons. The molecule has 1 aliphatic carbocycles. The predicted octanol–water partition coefficient (Wildman–Crippen LogP) is 2.83. The Balaban J connectivity index is 1.62. The first-order valence-electron chi connectivity index (χ1n) is 10.1. The smallest absolute Gasteiger partial charge is 0.264 e. The van der Waals surface area contributed by atoms with Crippen molar-refractivity contribution >= 4 is 39.1 Å². The third-order valence-electron chi connectivity index (χ3n) is 5.61. The Bertz CT molecular complexity index is 1310. The zero-order valence-corrected chi connectivity index (χ0v) is 18.0. The van der Waals surface area contributed by atoms with Gasteiger partial charge in [-0.2, -0.15) is 0 Å². The van der Waals surface area contributed by atoms with Crippen molar-refractivity contribution in [3.8, 4) is 0 Å². The number of halogens is 2. The third-order valence-corrected chi connectivity index (χ3v) is 7.03. The molecule has 2 aliphatic rings. The van der Waals surface area contributed by atoms with E-state index in [0.29, 0.717) is 12.5 Å². The van der Waals surface area contributed by atoms with Crippen molar-refractivity contribution in [2.24, 2.45) is 0 Å². The number of fused-ring (bicyclic) bond motifs is 1. The molecule has 2 aromatic rings. The van der Waals surface area contributed by atoms with Gasteiger partial charge in [-0.05, 0) is 43.2 Å². The highest BCUT2D eigenvalue weighted by molar-refractivity contribution is 7.92. The third kappa shape index (κ3) is 4.28. The molecule has 2 aromatic carbocycles. The molecule has 8 nitrogen and oxygen atoms in total. The standard InChI is InChI=1S/C22H18F2N2O6S/c23-12-4-9-20(17(24)10-12)33(31,32)25-13-5-7-15-16(11-13)22(30)26(21(15)29)18-8-6-14(27)2-1-3-19(18)28/h4-5,7,9-11,18,25H,1-3,6,8H2. The zero-order chi connectivity index (χ0) is 23.9. The van der Waals surface area contributed by atoms with Crippen LogP contribution in [0.25, 0.3) is 0 Å². The lowest BCUT2D eigenvalue weighted by Gasteiger charge is -2.26. The summed E-state index contributed by atoms with van der Waals surface area (Å²) in [5, 5.41) is 0.